The number of aromatic nitrogens is 1. The van der Waals surface area contributed by atoms with Crippen LogP contribution in [0.4, 0.5) is 0 Å². The van der Waals surface area contributed by atoms with Crippen molar-refractivity contribution in [2.75, 3.05) is 20.2 Å². The van der Waals surface area contributed by atoms with E-state index in [2.05, 4.69) is 34.2 Å². The van der Waals surface area contributed by atoms with Crippen molar-refractivity contribution < 1.29 is 118 Å². The van der Waals surface area contributed by atoms with Crippen LogP contribution < -0.4 is 4.74 Å². The molecule has 33 heteroatoms. The highest BCUT2D eigenvalue weighted by atomic mass is 31.2. The fraction of sp³-hybridized carbons (Fsp3) is 0.577. The van der Waals surface area contributed by atoms with E-state index in [0.29, 0.717) is 42.6 Å². The summed E-state index contributed by atoms with van der Waals surface area (Å²) in [4.78, 5) is 115. The van der Waals surface area contributed by atoms with Gasteiger partial charge in [0.1, 0.15) is 48.5 Å². The first-order chi connectivity index (χ1) is 27.0. The monoisotopic (exact) mass is 966 g/mol. The molecule has 2 aromatic rings. The Labute approximate surface area is 333 Å². The number of pyridine rings is 1. The Bertz CT molecular complexity index is 2090. The van der Waals surface area contributed by atoms with Crippen LogP contribution in [-0.2, 0) is 59.1 Å². The third-order valence-electron chi connectivity index (χ3n) is 9.53. The molecule has 334 valence electrons. The Morgan fingerprint density at radius 3 is 1.56 bits per heavy atom. The number of methoxy groups -OCH3 is 1. The molecule has 6 rings (SSSR count). The van der Waals surface area contributed by atoms with Crippen molar-refractivity contribution in [3.8, 4) is 5.75 Å². The molecule has 0 radical (unpaired) electrons. The predicted molar refractivity (Wildman–Crippen MR) is 193 cm³/mol. The number of fused-ring (bicyclic) bond motifs is 4. The summed E-state index contributed by atoms with van der Waals surface area (Å²) in [6.07, 6.45) is -16.5. The minimum Gasteiger partial charge on any atom is -0.497 e. The van der Waals surface area contributed by atoms with Crippen molar-refractivity contribution >= 4 is 57.8 Å². The molecule has 27 nitrogen and oxygen atoms in total. The number of phosphoric ester groups is 6. The van der Waals surface area contributed by atoms with Gasteiger partial charge in [0.2, 0.25) is 0 Å². The van der Waals surface area contributed by atoms with E-state index in [0.717, 1.165) is 0 Å². The van der Waals surface area contributed by atoms with Gasteiger partial charge < -0.3 is 58.6 Å². The maximum atomic E-state index is 14.4. The Hall–Kier alpha value is -1.21. The smallest absolute Gasteiger partial charge is 0.473 e. The molecule has 2 bridgehead atoms. The lowest BCUT2D eigenvalue weighted by atomic mass is 9.73. The Kier molecular flexibility index (Phi) is 15.0. The first-order valence-electron chi connectivity index (χ1n) is 16.6. The number of piperidine rings is 3. The van der Waals surface area contributed by atoms with E-state index < -0.39 is 95.7 Å². The van der Waals surface area contributed by atoms with E-state index in [-0.39, 0.29) is 17.4 Å². The third kappa shape index (κ3) is 13.2. The number of hydrogen-bond acceptors (Lipinski definition) is 16. The molecule has 3 aliphatic heterocycles. The molecule has 0 spiro atoms. The summed E-state index contributed by atoms with van der Waals surface area (Å²) in [5.41, 5.74) is 0.503. The molecule has 12 atom stereocenters. The van der Waals surface area contributed by atoms with E-state index in [1.807, 2.05) is 4.90 Å². The van der Waals surface area contributed by atoms with E-state index in [9.17, 15) is 81.2 Å². The van der Waals surface area contributed by atoms with Crippen LogP contribution in [0.15, 0.2) is 43.1 Å². The summed E-state index contributed by atoms with van der Waals surface area (Å²) in [6.45, 7) is 4.71. The van der Waals surface area contributed by atoms with Crippen molar-refractivity contribution in [3.05, 3.63) is 48.7 Å². The summed E-state index contributed by atoms with van der Waals surface area (Å²) >= 11 is 0. The number of rotatable bonds is 18. The number of nitrogens with zero attached hydrogens (tertiary/aromatic N) is 2. The summed E-state index contributed by atoms with van der Waals surface area (Å²) in [6, 6.07) is 5.28. The largest absolute Gasteiger partial charge is 0.497 e. The second-order valence-electron chi connectivity index (χ2n) is 13.4. The maximum absolute atomic E-state index is 14.4. The average Bonchev–Trinajstić information content (AvgIpc) is 3.09. The van der Waals surface area contributed by atoms with Crippen LogP contribution in [-0.4, -0.2) is 127 Å². The molecule has 0 amide bonds. The highest BCUT2D eigenvalue weighted by Crippen LogP contribution is 2.60. The van der Waals surface area contributed by atoms with Crippen molar-refractivity contribution in [1.29, 1.82) is 0 Å². The molecular formula is C26H40N2O25P6. The van der Waals surface area contributed by atoms with Gasteiger partial charge in [-0.05, 0) is 61.1 Å². The molecule has 1 aromatic carbocycles. The second kappa shape index (κ2) is 18.1. The van der Waals surface area contributed by atoms with Gasteiger partial charge in [-0.3, -0.25) is 41.6 Å². The van der Waals surface area contributed by atoms with Crippen molar-refractivity contribution in [2.24, 2.45) is 11.8 Å². The molecule has 4 heterocycles. The van der Waals surface area contributed by atoms with Gasteiger partial charge in [-0.25, -0.2) is 27.4 Å². The van der Waals surface area contributed by atoms with E-state index in [1.165, 1.54) is 25.4 Å². The van der Waals surface area contributed by atoms with Gasteiger partial charge in [-0.2, -0.15) is 0 Å². The van der Waals surface area contributed by atoms with E-state index >= 15 is 0 Å². The normalized spacial score (nSPS) is 31.1. The first-order valence-corrected chi connectivity index (χ1v) is 25.8. The lowest BCUT2D eigenvalue weighted by Gasteiger charge is -2.51. The number of ether oxygens (including phenoxy) is 1. The van der Waals surface area contributed by atoms with Crippen LogP contribution in [0.2, 0.25) is 0 Å². The van der Waals surface area contributed by atoms with Gasteiger partial charge >= 0.3 is 46.9 Å². The fourth-order valence-corrected chi connectivity index (χ4v) is 11.4. The Balaban J connectivity index is 1.70. The minimum atomic E-state index is -6.16. The maximum Gasteiger partial charge on any atom is 0.473 e. The zero-order valence-corrected chi connectivity index (χ0v) is 35.4. The predicted octanol–water partition coefficient (Wildman–Crippen LogP) is 1.09. The first kappa shape index (κ1) is 48.8. The van der Waals surface area contributed by atoms with Crippen molar-refractivity contribution in [1.82, 2.24) is 9.88 Å². The molecule has 4 unspecified atom stereocenters. The highest BCUT2D eigenvalue weighted by Gasteiger charge is 2.63. The van der Waals surface area contributed by atoms with Crippen LogP contribution in [0, 0.1) is 11.8 Å². The van der Waals surface area contributed by atoms with Gasteiger partial charge in [0.25, 0.3) is 0 Å². The molecule has 3 saturated heterocycles. The van der Waals surface area contributed by atoms with E-state index in [4.69, 9.17) is 13.8 Å². The average molecular weight is 966 g/mol. The lowest BCUT2D eigenvalue weighted by molar-refractivity contribution is -0.203. The van der Waals surface area contributed by atoms with E-state index in [1.54, 1.807) is 18.2 Å². The fourth-order valence-electron chi connectivity index (χ4n) is 7.50. The van der Waals surface area contributed by atoms with Gasteiger partial charge in [-0.1, -0.05) is 6.08 Å². The number of benzene rings is 1. The van der Waals surface area contributed by atoms with Gasteiger partial charge in [0.05, 0.1) is 12.6 Å². The third-order valence-corrected chi connectivity index (χ3v) is 13.1. The van der Waals surface area contributed by atoms with Gasteiger partial charge in [0.15, 0.2) is 0 Å². The molecule has 59 heavy (non-hydrogen) atoms. The standard InChI is InChI=1S/C26H40N2O25P6/c1-3-13-12-28-9-7-14(13)10-19(28)20(16-6-8-27-18-5-4-15(46-2)11-17(16)18)52-59(44,45)53-26-24(50-57(38,39)40)22(48-55(32,33)34)21(47-54(29,30)31)23(49-56(35,36)37)25(26)51-58(41,42)43/h3-6,8,11,13-14,19-26H,1,7,9-10,12H2,2H3,(H,44,45)(H2,29,30,31)(H2,32,33,34)(H2,35,36,37)(H2,38,39,40)(H2,41,42,43)/t13-,14-,19+,20-,21?,22-,23+,24-,25-,26?/m0/s1. The van der Waals surface area contributed by atoms with Crippen LogP contribution in [0.25, 0.3) is 10.9 Å². The van der Waals surface area contributed by atoms with Gasteiger partial charge in [0, 0.05) is 24.2 Å². The molecule has 11 N–H and O–H groups in total. The topological polar surface area (TPSA) is 415 Å². The summed E-state index contributed by atoms with van der Waals surface area (Å²) in [7, 11) is -35.4. The summed E-state index contributed by atoms with van der Waals surface area (Å²) in [5.74, 6) is 0.269. The van der Waals surface area contributed by atoms with Crippen LogP contribution in [0.1, 0.15) is 24.5 Å². The minimum absolute atomic E-state index is 0.00861. The molecule has 4 aliphatic rings. The van der Waals surface area contributed by atoms with Gasteiger partial charge in [-0.15, -0.1) is 6.58 Å². The number of phosphoric acid groups is 6. The SMILES string of the molecule is C=C[C@H]1CN2CC[C@H]1C[C@@H]2[C@@H](OP(=O)(O)OC1[C@@H](OP(=O)(O)O)[C@H](OP(=O)(O)O)C(OP(=O)(O)O)[C@H](OP(=O)(O)O)[C@@H]1OP(=O)(O)O)c1ccnc2ccc(OC)cc12. The lowest BCUT2D eigenvalue weighted by Crippen LogP contribution is -2.66. The zero-order valence-electron chi connectivity index (χ0n) is 30.0. The van der Waals surface area contributed by atoms with Crippen LogP contribution in [0.5, 0.6) is 5.75 Å². The van der Waals surface area contributed by atoms with Crippen LogP contribution >= 0.6 is 46.9 Å². The molecule has 1 aromatic heterocycles. The Morgan fingerprint density at radius 2 is 1.17 bits per heavy atom. The summed E-state index contributed by atoms with van der Waals surface area (Å²) < 4.78 is 114. The van der Waals surface area contributed by atoms with Crippen molar-refractivity contribution in [2.45, 2.75) is 61.6 Å². The summed E-state index contributed by atoms with van der Waals surface area (Å²) in [5, 5.41) is 0.311. The van der Waals surface area contributed by atoms with Crippen molar-refractivity contribution in [3.63, 3.8) is 0 Å². The Morgan fingerprint density at radius 1 is 0.712 bits per heavy atom. The molecular weight excluding hydrogens is 926 g/mol. The molecule has 4 fully saturated rings. The number of hydrogen-bond donors (Lipinski definition) is 11. The molecule has 1 aliphatic carbocycles. The molecule has 1 saturated carbocycles. The zero-order chi connectivity index (χ0) is 44.1. The quantitative estimate of drug-likeness (QED) is 0.0735. The second-order valence-corrected chi connectivity index (χ2v) is 20.7. The highest BCUT2D eigenvalue weighted by molar-refractivity contribution is 7.48. The van der Waals surface area contributed by atoms with Crippen LogP contribution in [0.3, 0.4) is 0 Å².